The Morgan fingerprint density at radius 1 is 1.38 bits per heavy atom. The Hall–Kier alpha value is -2.65. The molecule has 0 spiro atoms. The summed E-state index contributed by atoms with van der Waals surface area (Å²) in [5.41, 5.74) is 1.85. The highest BCUT2D eigenvalue weighted by Crippen LogP contribution is 2.19. The maximum atomic E-state index is 12.6. The van der Waals surface area contributed by atoms with Crippen molar-refractivity contribution in [2.75, 3.05) is 33.7 Å². The third-order valence-electron chi connectivity index (χ3n) is 4.83. The van der Waals surface area contributed by atoms with E-state index in [1.165, 1.54) is 0 Å². The van der Waals surface area contributed by atoms with Crippen LogP contribution in [-0.4, -0.2) is 60.0 Å². The molecule has 1 saturated heterocycles. The first-order chi connectivity index (χ1) is 12.5. The molecule has 1 atom stereocenters. The van der Waals surface area contributed by atoms with Crippen molar-refractivity contribution >= 4 is 5.91 Å². The molecule has 6 heteroatoms. The molecular weight excluding hydrogens is 328 g/mol. The smallest absolute Gasteiger partial charge is 0.278 e. The number of hydrogen-bond acceptors (Lipinski definition) is 4. The predicted octanol–water partition coefficient (Wildman–Crippen LogP) is 2.48. The molecule has 1 unspecified atom stereocenters. The third-order valence-corrected chi connectivity index (χ3v) is 4.83. The van der Waals surface area contributed by atoms with Crippen LogP contribution in [0, 0.1) is 11.3 Å². The number of carbonyl (C=O) groups excluding carboxylic acids is 1. The van der Waals surface area contributed by atoms with Crippen LogP contribution in [0.4, 0.5) is 0 Å². The van der Waals surface area contributed by atoms with Crippen LogP contribution in [0.2, 0.25) is 0 Å². The number of aromatic nitrogens is 1. The lowest BCUT2D eigenvalue weighted by atomic mass is 10.2. The largest absolute Gasteiger partial charge is 0.444 e. The minimum absolute atomic E-state index is 0.0594. The van der Waals surface area contributed by atoms with Crippen LogP contribution < -0.4 is 0 Å². The van der Waals surface area contributed by atoms with E-state index < -0.39 is 0 Å². The summed E-state index contributed by atoms with van der Waals surface area (Å²) in [5.74, 6) is 0.681. The van der Waals surface area contributed by atoms with Crippen LogP contribution in [-0.2, 0) is 11.2 Å². The van der Waals surface area contributed by atoms with E-state index in [0.29, 0.717) is 23.5 Å². The van der Waals surface area contributed by atoms with Gasteiger partial charge in [-0.1, -0.05) is 18.2 Å². The molecule has 2 heterocycles. The van der Waals surface area contributed by atoms with Gasteiger partial charge >= 0.3 is 0 Å². The zero-order chi connectivity index (χ0) is 18.6. The van der Waals surface area contributed by atoms with E-state index >= 15 is 0 Å². The van der Waals surface area contributed by atoms with Crippen LogP contribution >= 0.6 is 0 Å². The van der Waals surface area contributed by atoms with E-state index in [1.54, 1.807) is 11.2 Å². The molecule has 0 radical (unpaired) electrons. The Morgan fingerprint density at radius 2 is 2.15 bits per heavy atom. The topological polar surface area (TPSA) is 70.1 Å². The van der Waals surface area contributed by atoms with Gasteiger partial charge < -0.3 is 13.8 Å². The first-order valence-corrected chi connectivity index (χ1v) is 8.99. The Morgan fingerprint density at radius 3 is 2.88 bits per heavy atom. The quantitative estimate of drug-likeness (QED) is 0.748. The van der Waals surface area contributed by atoms with E-state index in [-0.39, 0.29) is 11.9 Å². The molecule has 1 fully saturated rings. The first kappa shape index (κ1) is 18.2. The van der Waals surface area contributed by atoms with Gasteiger partial charge in [0.1, 0.15) is 12.3 Å². The van der Waals surface area contributed by atoms with Gasteiger partial charge in [-0.25, -0.2) is 4.98 Å². The van der Waals surface area contributed by atoms with Gasteiger partial charge in [0.2, 0.25) is 5.89 Å². The second-order valence-corrected chi connectivity index (χ2v) is 7.45. The van der Waals surface area contributed by atoms with E-state index in [4.69, 9.17) is 9.68 Å². The molecule has 1 aromatic heterocycles. The monoisotopic (exact) mass is 353 g/mol. The highest BCUT2D eigenvalue weighted by Gasteiger charge is 2.32. The lowest BCUT2D eigenvalue weighted by Crippen LogP contribution is -2.50. The van der Waals surface area contributed by atoms with Crippen molar-refractivity contribution < 1.29 is 13.7 Å². The number of nitriles is 1. The fourth-order valence-electron chi connectivity index (χ4n) is 3.29. The van der Waals surface area contributed by atoms with Gasteiger partial charge in [0, 0.05) is 18.5 Å². The number of oxazole rings is 1. The zero-order valence-corrected chi connectivity index (χ0v) is 15.4. The predicted molar refractivity (Wildman–Crippen MR) is 97.8 cm³/mol. The number of likely N-dealkylation sites (N-methyl/N-ethyl adjacent to an activating group) is 1. The molecule has 2 aromatic rings. The molecule has 3 rings (SSSR count). The molecular formula is C20H25N4O2+. The average Bonchev–Trinajstić information content (AvgIpc) is 3.29. The number of rotatable bonds is 6. The van der Waals surface area contributed by atoms with Crippen LogP contribution in [0.3, 0.4) is 0 Å². The molecule has 6 nitrogen and oxygen atoms in total. The van der Waals surface area contributed by atoms with Crippen molar-refractivity contribution in [2.24, 2.45) is 0 Å². The molecule has 0 aliphatic carbocycles. The minimum Gasteiger partial charge on any atom is -0.444 e. The van der Waals surface area contributed by atoms with Crippen LogP contribution in [0.15, 0.2) is 41.0 Å². The van der Waals surface area contributed by atoms with Crippen LogP contribution in [0.5, 0.6) is 0 Å². The first-order valence-electron chi connectivity index (χ1n) is 8.99. The van der Waals surface area contributed by atoms with Gasteiger partial charge in [0.15, 0.2) is 6.54 Å². The standard InChI is InChI=1S/C20H25N4O2/c1-24(2,14-19(25)23-11-6-9-18(23)13-21)12-10-17-15-26-20(22-17)16-7-4-3-5-8-16/h3-5,7-8,15,18H,6,9-12,14H2,1-2H3/q+1. The number of amides is 1. The van der Waals surface area contributed by atoms with E-state index in [2.05, 4.69) is 11.1 Å². The van der Waals surface area contributed by atoms with E-state index in [1.807, 2.05) is 44.4 Å². The molecule has 1 aromatic carbocycles. The fraction of sp³-hybridized carbons (Fsp3) is 0.450. The van der Waals surface area contributed by atoms with Gasteiger partial charge in [-0.2, -0.15) is 5.26 Å². The Bertz CT molecular complexity index is 792. The molecule has 0 saturated carbocycles. The Kier molecular flexibility index (Phi) is 5.38. The third kappa shape index (κ3) is 4.30. The number of nitrogens with zero attached hydrogens (tertiary/aromatic N) is 4. The van der Waals surface area contributed by atoms with Crippen molar-refractivity contribution in [3.8, 4) is 17.5 Å². The van der Waals surface area contributed by atoms with Gasteiger partial charge in [-0.15, -0.1) is 0 Å². The summed E-state index contributed by atoms with van der Waals surface area (Å²) in [7, 11) is 4.07. The number of likely N-dealkylation sites (tertiary alicyclic amines) is 1. The highest BCUT2D eigenvalue weighted by molar-refractivity contribution is 5.78. The maximum absolute atomic E-state index is 12.6. The van der Waals surface area contributed by atoms with E-state index in [9.17, 15) is 4.79 Å². The normalized spacial score (nSPS) is 17.3. The van der Waals surface area contributed by atoms with Crippen molar-refractivity contribution in [1.82, 2.24) is 9.88 Å². The second kappa shape index (κ2) is 7.71. The Labute approximate surface area is 154 Å². The average molecular weight is 353 g/mol. The molecule has 1 aliphatic rings. The highest BCUT2D eigenvalue weighted by atomic mass is 16.3. The lowest BCUT2D eigenvalue weighted by molar-refractivity contribution is -0.882. The second-order valence-electron chi connectivity index (χ2n) is 7.45. The summed E-state index contributed by atoms with van der Waals surface area (Å²) in [6.07, 6.45) is 4.13. The zero-order valence-electron chi connectivity index (χ0n) is 15.4. The number of carbonyl (C=O) groups is 1. The summed E-state index contributed by atoms with van der Waals surface area (Å²) < 4.78 is 6.13. The van der Waals surface area contributed by atoms with Gasteiger partial charge in [0.25, 0.3) is 5.91 Å². The number of benzene rings is 1. The summed E-state index contributed by atoms with van der Waals surface area (Å²) in [6, 6.07) is 11.8. The van der Waals surface area contributed by atoms with Crippen molar-refractivity contribution in [1.29, 1.82) is 5.26 Å². The summed E-state index contributed by atoms with van der Waals surface area (Å²) >= 11 is 0. The Balaban J connectivity index is 1.56. The molecule has 136 valence electrons. The van der Waals surface area contributed by atoms with Gasteiger partial charge in [-0.05, 0) is 25.0 Å². The van der Waals surface area contributed by atoms with Crippen LogP contribution in [0.25, 0.3) is 11.5 Å². The van der Waals surface area contributed by atoms with E-state index in [0.717, 1.165) is 37.1 Å². The number of quaternary nitrogens is 1. The van der Waals surface area contributed by atoms with Crippen molar-refractivity contribution in [2.45, 2.75) is 25.3 Å². The molecule has 0 N–H and O–H groups in total. The van der Waals surface area contributed by atoms with Crippen molar-refractivity contribution in [3.05, 3.63) is 42.3 Å². The molecule has 26 heavy (non-hydrogen) atoms. The number of hydrogen-bond donors (Lipinski definition) is 0. The summed E-state index contributed by atoms with van der Waals surface area (Å²) in [4.78, 5) is 18.8. The summed E-state index contributed by atoms with van der Waals surface area (Å²) in [6.45, 7) is 1.86. The minimum atomic E-state index is -0.258. The van der Waals surface area contributed by atoms with Gasteiger partial charge in [-0.3, -0.25) is 4.79 Å². The van der Waals surface area contributed by atoms with Gasteiger partial charge in [0.05, 0.1) is 32.4 Å². The molecule has 1 aliphatic heterocycles. The molecule has 1 amide bonds. The lowest BCUT2D eigenvalue weighted by Gasteiger charge is -2.31. The fourth-order valence-corrected chi connectivity index (χ4v) is 3.29. The summed E-state index contributed by atoms with van der Waals surface area (Å²) in [5, 5.41) is 9.16. The molecule has 0 bridgehead atoms. The maximum Gasteiger partial charge on any atom is 0.278 e. The van der Waals surface area contributed by atoms with Crippen molar-refractivity contribution in [3.63, 3.8) is 0 Å². The SMILES string of the molecule is C[N+](C)(CCc1coc(-c2ccccc2)n1)CC(=O)N1CCCC1C#N. The van der Waals surface area contributed by atoms with Crippen LogP contribution in [0.1, 0.15) is 18.5 Å².